The van der Waals surface area contributed by atoms with Gasteiger partial charge >= 0.3 is 0 Å². The van der Waals surface area contributed by atoms with E-state index in [1.54, 1.807) is 0 Å². The molecule has 1 aromatic rings. The van der Waals surface area contributed by atoms with Crippen molar-refractivity contribution in [2.45, 2.75) is 54.0 Å². The summed E-state index contributed by atoms with van der Waals surface area (Å²) in [6.07, 6.45) is 1.76. The van der Waals surface area contributed by atoms with E-state index in [1.165, 1.54) is 16.7 Å². The zero-order chi connectivity index (χ0) is 15.9. The molecule has 0 atom stereocenters. The molecule has 1 aromatic carbocycles. The zero-order valence-corrected chi connectivity index (χ0v) is 14.0. The number of nitrogens with one attached hydrogen (secondary N) is 1. The van der Waals surface area contributed by atoms with Crippen LogP contribution in [0, 0.1) is 30.6 Å². The molecule has 0 aliphatic heterocycles. The third kappa shape index (κ3) is 5.77. The lowest BCUT2D eigenvalue weighted by molar-refractivity contribution is 0.281. The number of ether oxygens (including phenoxy) is 1. The fraction of sp³-hybridized carbons (Fsp3) is 0.611. The number of aryl methyl sites for hydroxylation is 2. The summed E-state index contributed by atoms with van der Waals surface area (Å²) in [7, 11) is 0. The molecular weight excluding hydrogens is 260 g/mol. The van der Waals surface area contributed by atoms with Crippen LogP contribution in [0.2, 0.25) is 0 Å². The fourth-order valence-corrected chi connectivity index (χ4v) is 2.38. The number of nitriles is 1. The number of hydrogen-bond donors (Lipinski definition) is 1. The van der Waals surface area contributed by atoms with E-state index in [1.807, 2.05) is 13.8 Å². The van der Waals surface area contributed by atoms with Crippen molar-refractivity contribution in [3.63, 3.8) is 0 Å². The number of nitrogens with zero attached hydrogens (tertiary/aromatic N) is 1. The molecule has 0 fully saturated rings. The molecule has 3 heteroatoms. The van der Waals surface area contributed by atoms with Crippen molar-refractivity contribution in [3.8, 4) is 11.8 Å². The molecule has 0 unspecified atom stereocenters. The molecule has 1 rings (SSSR count). The first kappa shape index (κ1) is 17.5. The van der Waals surface area contributed by atoms with E-state index in [0.29, 0.717) is 6.61 Å². The van der Waals surface area contributed by atoms with Gasteiger partial charge in [-0.1, -0.05) is 19.1 Å². The van der Waals surface area contributed by atoms with Gasteiger partial charge in [0.25, 0.3) is 0 Å². The van der Waals surface area contributed by atoms with E-state index in [9.17, 15) is 0 Å². The summed E-state index contributed by atoms with van der Waals surface area (Å²) >= 11 is 0. The van der Waals surface area contributed by atoms with Gasteiger partial charge in [-0.3, -0.25) is 0 Å². The number of hydrogen-bond acceptors (Lipinski definition) is 3. The van der Waals surface area contributed by atoms with Gasteiger partial charge in [-0.15, -0.1) is 0 Å². The first-order chi connectivity index (χ1) is 9.89. The summed E-state index contributed by atoms with van der Waals surface area (Å²) in [6, 6.07) is 6.70. The van der Waals surface area contributed by atoms with E-state index in [2.05, 4.69) is 44.3 Å². The van der Waals surface area contributed by atoms with Gasteiger partial charge in [0.05, 0.1) is 18.1 Å². The average molecular weight is 288 g/mol. The topological polar surface area (TPSA) is 45.0 Å². The Morgan fingerprint density at radius 3 is 2.38 bits per heavy atom. The quantitative estimate of drug-likeness (QED) is 0.732. The third-order valence-electron chi connectivity index (χ3n) is 3.59. The maximum Gasteiger partial charge on any atom is 0.125 e. The van der Waals surface area contributed by atoms with Gasteiger partial charge < -0.3 is 10.1 Å². The van der Waals surface area contributed by atoms with Crippen molar-refractivity contribution < 1.29 is 4.74 Å². The van der Waals surface area contributed by atoms with Crippen LogP contribution in [0.3, 0.4) is 0 Å². The molecule has 0 aromatic heterocycles. The largest absolute Gasteiger partial charge is 0.493 e. The summed E-state index contributed by atoms with van der Waals surface area (Å²) < 4.78 is 5.94. The maximum atomic E-state index is 9.00. The van der Waals surface area contributed by atoms with Crippen molar-refractivity contribution in [1.29, 1.82) is 5.26 Å². The maximum absolute atomic E-state index is 9.00. The summed E-state index contributed by atoms with van der Waals surface area (Å²) in [6.45, 7) is 12.8. The fourth-order valence-electron chi connectivity index (χ4n) is 2.38. The Kier molecular flexibility index (Phi) is 6.71. The Morgan fingerprint density at radius 1 is 1.24 bits per heavy atom. The van der Waals surface area contributed by atoms with E-state index < -0.39 is 0 Å². The van der Waals surface area contributed by atoms with Gasteiger partial charge in [-0.2, -0.15) is 5.26 Å². The van der Waals surface area contributed by atoms with Gasteiger partial charge in [0, 0.05) is 6.54 Å². The minimum atomic E-state index is -0.261. The van der Waals surface area contributed by atoms with Gasteiger partial charge in [-0.05, 0) is 63.8 Å². The highest BCUT2D eigenvalue weighted by Gasteiger charge is 2.16. The Morgan fingerprint density at radius 2 is 1.86 bits per heavy atom. The van der Waals surface area contributed by atoms with Crippen molar-refractivity contribution in [3.05, 3.63) is 28.8 Å². The molecule has 116 valence electrons. The predicted molar refractivity (Wildman–Crippen MR) is 87.4 cm³/mol. The Hall–Kier alpha value is -1.53. The highest BCUT2D eigenvalue weighted by Crippen LogP contribution is 2.26. The van der Waals surface area contributed by atoms with Crippen LogP contribution in [0.5, 0.6) is 5.75 Å². The minimum absolute atomic E-state index is 0.261. The van der Waals surface area contributed by atoms with Crippen LogP contribution in [-0.4, -0.2) is 13.2 Å². The van der Waals surface area contributed by atoms with Gasteiger partial charge in [0.2, 0.25) is 0 Å². The molecule has 0 aliphatic rings. The normalized spacial score (nSPS) is 11.2. The van der Waals surface area contributed by atoms with Crippen molar-refractivity contribution in [2.24, 2.45) is 5.41 Å². The molecule has 0 saturated carbocycles. The first-order valence-corrected chi connectivity index (χ1v) is 7.74. The lowest BCUT2D eigenvalue weighted by Gasteiger charge is -2.17. The average Bonchev–Trinajstić information content (AvgIpc) is 2.43. The van der Waals surface area contributed by atoms with Crippen LogP contribution in [0.1, 0.15) is 50.3 Å². The van der Waals surface area contributed by atoms with Crippen molar-refractivity contribution in [2.75, 3.05) is 13.2 Å². The van der Waals surface area contributed by atoms with Crippen LogP contribution in [0.15, 0.2) is 12.1 Å². The van der Waals surface area contributed by atoms with Crippen LogP contribution >= 0.6 is 0 Å². The second kappa shape index (κ2) is 8.05. The molecule has 0 spiro atoms. The lowest BCUT2D eigenvalue weighted by atomic mass is 9.90. The predicted octanol–water partition coefficient (Wildman–Crippen LogP) is 4.12. The smallest absolute Gasteiger partial charge is 0.125 e. The standard InChI is InChI=1S/C18H28N2O/c1-6-20-12-16-10-14(2)17(15(3)11-16)21-9-7-8-18(4,5)13-19/h10-11,20H,6-9,12H2,1-5H3. The monoisotopic (exact) mass is 288 g/mol. The third-order valence-corrected chi connectivity index (χ3v) is 3.59. The highest BCUT2D eigenvalue weighted by atomic mass is 16.5. The Labute approximate surface area is 129 Å². The van der Waals surface area contributed by atoms with Gasteiger partial charge in [0.15, 0.2) is 0 Å². The first-order valence-electron chi connectivity index (χ1n) is 7.74. The van der Waals surface area contributed by atoms with Crippen LogP contribution in [-0.2, 0) is 6.54 Å². The van der Waals surface area contributed by atoms with E-state index >= 15 is 0 Å². The Balaban J connectivity index is 2.58. The van der Waals surface area contributed by atoms with E-state index in [4.69, 9.17) is 10.00 Å². The van der Waals surface area contributed by atoms with E-state index in [-0.39, 0.29) is 5.41 Å². The zero-order valence-electron chi connectivity index (χ0n) is 14.0. The molecule has 0 saturated heterocycles. The van der Waals surface area contributed by atoms with Crippen LogP contribution < -0.4 is 10.1 Å². The summed E-state index contributed by atoms with van der Waals surface area (Å²) in [5.74, 6) is 0.991. The molecule has 0 amide bonds. The lowest BCUT2D eigenvalue weighted by Crippen LogP contribution is -2.13. The minimum Gasteiger partial charge on any atom is -0.493 e. The highest BCUT2D eigenvalue weighted by molar-refractivity contribution is 5.43. The summed E-state index contributed by atoms with van der Waals surface area (Å²) in [5.41, 5.74) is 3.40. The molecular formula is C18H28N2O. The molecule has 0 bridgehead atoms. The Bertz CT molecular complexity index is 477. The van der Waals surface area contributed by atoms with Gasteiger partial charge in [-0.25, -0.2) is 0 Å². The molecule has 0 aliphatic carbocycles. The SMILES string of the molecule is CCNCc1cc(C)c(OCCCC(C)(C)C#N)c(C)c1. The second-order valence-corrected chi connectivity index (χ2v) is 6.29. The van der Waals surface area contributed by atoms with Crippen molar-refractivity contribution in [1.82, 2.24) is 5.32 Å². The molecule has 1 N–H and O–H groups in total. The van der Waals surface area contributed by atoms with Crippen LogP contribution in [0.25, 0.3) is 0 Å². The number of benzene rings is 1. The second-order valence-electron chi connectivity index (χ2n) is 6.29. The molecule has 0 heterocycles. The van der Waals surface area contributed by atoms with Gasteiger partial charge in [0.1, 0.15) is 5.75 Å². The summed E-state index contributed by atoms with van der Waals surface area (Å²) in [4.78, 5) is 0. The van der Waals surface area contributed by atoms with Crippen LogP contribution in [0.4, 0.5) is 0 Å². The summed E-state index contributed by atoms with van der Waals surface area (Å²) in [5, 5.41) is 12.3. The van der Waals surface area contributed by atoms with E-state index in [0.717, 1.165) is 31.7 Å². The van der Waals surface area contributed by atoms with Crippen molar-refractivity contribution >= 4 is 0 Å². The molecule has 21 heavy (non-hydrogen) atoms. The molecule has 3 nitrogen and oxygen atoms in total. The molecule has 0 radical (unpaired) electrons. The number of rotatable bonds is 8.